The molecule has 1 aliphatic heterocycles. The molecule has 2 fully saturated rings. The second-order valence-electron chi connectivity index (χ2n) is 8.60. The van der Waals surface area contributed by atoms with Gasteiger partial charge in [-0.2, -0.15) is 0 Å². The Morgan fingerprint density at radius 1 is 1.00 bits per heavy atom. The highest BCUT2D eigenvalue weighted by Crippen LogP contribution is 2.48. The molecule has 4 heteroatoms. The van der Waals surface area contributed by atoms with Crippen molar-refractivity contribution < 1.29 is 8.78 Å². The van der Waals surface area contributed by atoms with Gasteiger partial charge in [-0.05, 0) is 64.3 Å². The van der Waals surface area contributed by atoms with Crippen LogP contribution in [-0.2, 0) is 6.54 Å². The van der Waals surface area contributed by atoms with Crippen molar-refractivity contribution in [2.24, 2.45) is 0 Å². The first kappa shape index (κ1) is 22.3. The van der Waals surface area contributed by atoms with E-state index in [1.54, 1.807) is 0 Å². The highest BCUT2D eigenvalue weighted by atomic mass is 32.1. The van der Waals surface area contributed by atoms with Crippen LogP contribution in [0.25, 0.3) is 21.9 Å². The van der Waals surface area contributed by atoms with Gasteiger partial charge in [-0.15, -0.1) is 12.6 Å². The molecule has 5 rings (SSSR count). The molecule has 164 valence electrons. The van der Waals surface area contributed by atoms with Crippen molar-refractivity contribution in [3.8, 4) is 11.1 Å². The molecule has 0 aromatic heterocycles. The van der Waals surface area contributed by atoms with Crippen LogP contribution >= 0.6 is 12.6 Å². The summed E-state index contributed by atoms with van der Waals surface area (Å²) in [4.78, 5) is 2.79. The molecule has 1 nitrogen and oxygen atoms in total. The van der Waals surface area contributed by atoms with Crippen LogP contribution < -0.4 is 0 Å². The molecule has 1 saturated heterocycles. The third-order valence-corrected chi connectivity index (χ3v) is 6.87. The van der Waals surface area contributed by atoms with Gasteiger partial charge in [0.1, 0.15) is 0 Å². The Morgan fingerprint density at radius 3 is 2.39 bits per heavy atom. The molecule has 1 aliphatic carbocycles. The van der Waals surface area contributed by atoms with Gasteiger partial charge in [0, 0.05) is 24.4 Å². The highest BCUT2D eigenvalue weighted by Gasteiger charge is 2.38. The fourth-order valence-corrected chi connectivity index (χ4v) is 5.06. The van der Waals surface area contributed by atoms with Gasteiger partial charge in [-0.3, -0.25) is 4.90 Å². The first-order valence-corrected chi connectivity index (χ1v) is 11.8. The Labute approximate surface area is 189 Å². The number of alkyl halides is 2. The van der Waals surface area contributed by atoms with Gasteiger partial charge in [0.05, 0.1) is 6.54 Å². The van der Waals surface area contributed by atoms with E-state index in [0.717, 1.165) is 10.5 Å². The maximum absolute atomic E-state index is 13.7. The lowest BCUT2D eigenvalue weighted by molar-refractivity contribution is 0.0114. The van der Waals surface area contributed by atoms with Gasteiger partial charge >= 0.3 is 0 Å². The Kier molecular flexibility index (Phi) is 6.41. The van der Waals surface area contributed by atoms with E-state index in [4.69, 9.17) is 12.6 Å². The molecule has 3 aromatic carbocycles. The van der Waals surface area contributed by atoms with Crippen LogP contribution in [0, 0.1) is 6.92 Å². The Hall–Kier alpha value is -1.91. The number of fused-ring (bicyclic) bond motifs is 1. The minimum Gasteiger partial charge on any atom is -0.293 e. The minimum absolute atomic E-state index is 0.0511. The Morgan fingerprint density at radius 2 is 1.71 bits per heavy atom. The Bertz CT molecular complexity index is 1090. The van der Waals surface area contributed by atoms with E-state index in [2.05, 4.69) is 55.5 Å². The summed E-state index contributed by atoms with van der Waals surface area (Å²) in [6.45, 7) is 6.94. The van der Waals surface area contributed by atoms with Crippen LogP contribution in [0.2, 0.25) is 0 Å². The van der Waals surface area contributed by atoms with E-state index in [1.165, 1.54) is 45.9 Å². The van der Waals surface area contributed by atoms with Gasteiger partial charge in [-0.25, -0.2) is 8.78 Å². The molecular formula is C27H31F2NS. The van der Waals surface area contributed by atoms with E-state index in [9.17, 15) is 8.78 Å². The largest absolute Gasteiger partial charge is 0.293 e. The number of thiol groups is 1. The summed E-state index contributed by atoms with van der Waals surface area (Å²) < 4.78 is 27.3. The van der Waals surface area contributed by atoms with Crippen LogP contribution in [0.4, 0.5) is 8.78 Å². The van der Waals surface area contributed by atoms with Crippen LogP contribution in [0.15, 0.2) is 53.4 Å². The number of nitrogens with zero attached hydrogens (tertiary/aromatic N) is 1. The molecular weight excluding hydrogens is 408 g/mol. The summed E-state index contributed by atoms with van der Waals surface area (Å²) >= 11 is 4.97. The SMILES string of the molecule is CC.Cc1cccc2c(-c3c(C4CC4)ccc(CN4CCC(F)(F)C4)c3S)cccc12. The molecule has 0 unspecified atom stereocenters. The van der Waals surface area contributed by atoms with Crippen molar-refractivity contribution in [2.75, 3.05) is 13.1 Å². The van der Waals surface area contributed by atoms with E-state index in [1.807, 2.05) is 18.7 Å². The quantitative estimate of drug-likeness (QED) is 0.405. The number of hydrogen-bond acceptors (Lipinski definition) is 2. The van der Waals surface area contributed by atoms with Gasteiger partial charge < -0.3 is 0 Å². The zero-order valence-electron chi connectivity index (χ0n) is 18.6. The maximum atomic E-state index is 13.7. The van der Waals surface area contributed by atoms with E-state index < -0.39 is 5.92 Å². The fourth-order valence-electron chi connectivity index (χ4n) is 4.66. The third kappa shape index (κ3) is 4.51. The standard InChI is InChI=1S/C25H25F2NS.C2H6/c1-16-4-2-6-21-19(16)5-3-7-22(21)23-20(17-8-9-17)11-10-18(24(23)29)14-28-13-12-25(26,27)15-28;1-2/h2-7,10-11,17,29H,8-9,12-15H2,1H3;1-2H3. The molecule has 0 spiro atoms. The topological polar surface area (TPSA) is 3.24 Å². The molecule has 2 aliphatic rings. The number of likely N-dealkylation sites (tertiary alicyclic amines) is 1. The fraction of sp³-hybridized carbons (Fsp3) is 0.407. The summed E-state index contributed by atoms with van der Waals surface area (Å²) in [5, 5.41) is 2.48. The van der Waals surface area contributed by atoms with Crippen molar-refractivity contribution in [1.29, 1.82) is 0 Å². The molecule has 0 atom stereocenters. The zero-order chi connectivity index (χ0) is 22.2. The maximum Gasteiger partial charge on any atom is 0.261 e. The third-order valence-electron chi connectivity index (χ3n) is 6.36. The monoisotopic (exact) mass is 439 g/mol. The molecule has 0 radical (unpaired) electrons. The van der Waals surface area contributed by atoms with Crippen molar-refractivity contribution in [1.82, 2.24) is 4.90 Å². The van der Waals surface area contributed by atoms with E-state index in [-0.39, 0.29) is 13.0 Å². The molecule has 1 heterocycles. The van der Waals surface area contributed by atoms with Gasteiger partial charge in [-0.1, -0.05) is 62.4 Å². The summed E-state index contributed by atoms with van der Waals surface area (Å²) in [7, 11) is 0. The van der Waals surface area contributed by atoms with E-state index >= 15 is 0 Å². The number of hydrogen-bond donors (Lipinski definition) is 1. The lowest BCUT2D eigenvalue weighted by Crippen LogP contribution is -2.25. The van der Waals surface area contributed by atoms with Crippen LogP contribution in [0.5, 0.6) is 0 Å². The van der Waals surface area contributed by atoms with Gasteiger partial charge in [0.2, 0.25) is 0 Å². The van der Waals surface area contributed by atoms with Crippen molar-refractivity contribution >= 4 is 23.4 Å². The predicted octanol–water partition coefficient (Wildman–Crippen LogP) is 7.85. The summed E-state index contributed by atoms with van der Waals surface area (Å²) in [6.07, 6.45) is 2.37. The second-order valence-corrected chi connectivity index (χ2v) is 9.05. The number of rotatable bonds is 4. The molecule has 0 N–H and O–H groups in total. The van der Waals surface area contributed by atoms with Crippen LogP contribution in [-0.4, -0.2) is 23.9 Å². The summed E-state index contributed by atoms with van der Waals surface area (Å²) in [6, 6.07) is 17.2. The van der Waals surface area contributed by atoms with Crippen molar-refractivity contribution in [2.45, 2.75) is 63.3 Å². The highest BCUT2D eigenvalue weighted by molar-refractivity contribution is 7.80. The lowest BCUT2D eigenvalue weighted by Gasteiger charge is -2.21. The molecule has 1 saturated carbocycles. The van der Waals surface area contributed by atoms with Crippen molar-refractivity contribution in [3.63, 3.8) is 0 Å². The second kappa shape index (κ2) is 8.91. The smallest absolute Gasteiger partial charge is 0.261 e. The van der Waals surface area contributed by atoms with Crippen molar-refractivity contribution in [3.05, 3.63) is 65.2 Å². The number of halogens is 2. The first-order chi connectivity index (χ1) is 14.9. The normalized spacial score (nSPS) is 18.1. The predicted molar refractivity (Wildman–Crippen MR) is 130 cm³/mol. The van der Waals surface area contributed by atoms with Gasteiger partial charge in [0.15, 0.2) is 0 Å². The summed E-state index contributed by atoms with van der Waals surface area (Å²) in [5.74, 6) is -1.98. The Balaban J connectivity index is 0.00000112. The first-order valence-electron chi connectivity index (χ1n) is 11.4. The minimum atomic E-state index is -2.57. The average molecular weight is 440 g/mol. The zero-order valence-corrected chi connectivity index (χ0v) is 19.5. The van der Waals surface area contributed by atoms with Crippen LogP contribution in [0.3, 0.4) is 0 Å². The molecule has 3 aromatic rings. The average Bonchev–Trinajstić information content (AvgIpc) is 3.54. The molecule has 0 bridgehead atoms. The lowest BCUT2D eigenvalue weighted by atomic mass is 9.90. The summed E-state index contributed by atoms with van der Waals surface area (Å²) in [5.41, 5.74) is 6.03. The van der Waals surface area contributed by atoms with Crippen LogP contribution in [0.1, 0.15) is 55.7 Å². The number of aryl methyl sites for hydroxylation is 1. The number of benzene rings is 3. The molecule has 31 heavy (non-hydrogen) atoms. The molecule has 0 amide bonds. The van der Waals surface area contributed by atoms with Gasteiger partial charge in [0.25, 0.3) is 5.92 Å². The van der Waals surface area contributed by atoms with E-state index in [0.29, 0.717) is 19.0 Å².